The zero-order chi connectivity index (χ0) is 12.7. The standard InChI is InChI=1S/C10H19N3O3S/c1-3-9-11-8-10(13-9)17(14,15)12-6-5-7-16-4-2/h8,12H,3-7H2,1-2H3,(H,11,13). The fourth-order valence-corrected chi connectivity index (χ4v) is 2.27. The Hall–Kier alpha value is -0.920. The van der Waals surface area contributed by atoms with E-state index in [1.807, 2.05) is 13.8 Å². The van der Waals surface area contributed by atoms with Crippen LogP contribution in [-0.4, -0.2) is 38.1 Å². The van der Waals surface area contributed by atoms with Gasteiger partial charge in [0.15, 0.2) is 5.03 Å². The molecule has 0 bridgehead atoms. The molecule has 0 aromatic carbocycles. The van der Waals surface area contributed by atoms with E-state index in [-0.39, 0.29) is 5.03 Å². The second kappa shape index (κ2) is 6.73. The van der Waals surface area contributed by atoms with Crippen molar-refractivity contribution in [1.29, 1.82) is 0 Å². The molecule has 0 atom stereocenters. The summed E-state index contributed by atoms with van der Waals surface area (Å²) in [5.41, 5.74) is 0. The van der Waals surface area contributed by atoms with E-state index in [4.69, 9.17) is 4.74 Å². The molecular weight excluding hydrogens is 242 g/mol. The van der Waals surface area contributed by atoms with Crippen LogP contribution in [0.4, 0.5) is 0 Å². The van der Waals surface area contributed by atoms with Crippen LogP contribution in [0.1, 0.15) is 26.1 Å². The number of imidazole rings is 1. The number of rotatable bonds is 8. The van der Waals surface area contributed by atoms with Crippen LogP contribution in [0.25, 0.3) is 0 Å². The quantitative estimate of drug-likeness (QED) is 0.674. The number of aromatic amines is 1. The van der Waals surface area contributed by atoms with Gasteiger partial charge in [0.25, 0.3) is 10.0 Å². The number of H-pyrrole nitrogens is 1. The maximum Gasteiger partial charge on any atom is 0.257 e. The first-order chi connectivity index (χ1) is 8.10. The fourth-order valence-electron chi connectivity index (χ4n) is 1.26. The molecular formula is C10H19N3O3S. The second-order valence-electron chi connectivity index (χ2n) is 3.50. The van der Waals surface area contributed by atoms with E-state index in [9.17, 15) is 8.42 Å². The molecule has 17 heavy (non-hydrogen) atoms. The van der Waals surface area contributed by atoms with Crippen LogP contribution >= 0.6 is 0 Å². The van der Waals surface area contributed by atoms with Gasteiger partial charge in [0, 0.05) is 26.2 Å². The molecule has 0 unspecified atom stereocenters. The first kappa shape index (κ1) is 14.1. The molecule has 0 aliphatic rings. The van der Waals surface area contributed by atoms with Crippen LogP contribution in [0.5, 0.6) is 0 Å². The van der Waals surface area contributed by atoms with Crippen LogP contribution in [0.15, 0.2) is 11.2 Å². The molecule has 7 heteroatoms. The largest absolute Gasteiger partial charge is 0.382 e. The maximum absolute atomic E-state index is 11.8. The van der Waals surface area contributed by atoms with Gasteiger partial charge in [-0.25, -0.2) is 18.1 Å². The van der Waals surface area contributed by atoms with Crippen molar-refractivity contribution >= 4 is 10.0 Å². The summed E-state index contributed by atoms with van der Waals surface area (Å²) in [5.74, 6) is 0.666. The van der Waals surface area contributed by atoms with Crippen molar-refractivity contribution in [2.75, 3.05) is 19.8 Å². The third-order valence-corrected chi connectivity index (χ3v) is 3.56. The Kier molecular flexibility index (Phi) is 5.60. The number of sulfonamides is 1. The Balaban J connectivity index is 2.45. The molecule has 0 aliphatic carbocycles. The molecule has 1 aromatic rings. The Labute approximate surface area is 102 Å². The number of nitrogens with one attached hydrogen (secondary N) is 2. The molecule has 1 rings (SSSR count). The highest BCUT2D eigenvalue weighted by atomic mass is 32.2. The highest BCUT2D eigenvalue weighted by Gasteiger charge is 2.15. The summed E-state index contributed by atoms with van der Waals surface area (Å²) in [6.07, 6.45) is 2.67. The second-order valence-corrected chi connectivity index (χ2v) is 5.23. The lowest BCUT2D eigenvalue weighted by Crippen LogP contribution is -2.26. The number of nitrogens with zero attached hydrogens (tertiary/aromatic N) is 1. The third kappa shape index (κ3) is 4.45. The van der Waals surface area contributed by atoms with Crippen molar-refractivity contribution in [3.63, 3.8) is 0 Å². The normalized spacial score (nSPS) is 11.9. The molecule has 0 saturated heterocycles. The molecule has 0 saturated carbocycles. The predicted molar refractivity (Wildman–Crippen MR) is 64.3 cm³/mol. The summed E-state index contributed by atoms with van der Waals surface area (Å²) < 4.78 is 31.2. The van der Waals surface area contributed by atoms with Gasteiger partial charge >= 0.3 is 0 Å². The van der Waals surface area contributed by atoms with Crippen LogP contribution in [-0.2, 0) is 21.2 Å². The zero-order valence-electron chi connectivity index (χ0n) is 10.2. The lowest BCUT2D eigenvalue weighted by Gasteiger charge is -2.04. The lowest BCUT2D eigenvalue weighted by molar-refractivity contribution is 0.146. The minimum Gasteiger partial charge on any atom is -0.382 e. The Morgan fingerprint density at radius 2 is 2.24 bits per heavy atom. The molecule has 98 valence electrons. The summed E-state index contributed by atoms with van der Waals surface area (Å²) in [7, 11) is -3.46. The number of aromatic nitrogens is 2. The first-order valence-electron chi connectivity index (χ1n) is 5.71. The van der Waals surface area contributed by atoms with E-state index in [2.05, 4.69) is 14.7 Å². The Bertz CT molecular complexity index is 428. The average Bonchev–Trinajstić information content (AvgIpc) is 2.78. The minimum atomic E-state index is -3.46. The van der Waals surface area contributed by atoms with Gasteiger partial charge < -0.3 is 9.72 Å². The molecule has 0 fully saturated rings. The molecule has 6 nitrogen and oxygen atoms in total. The summed E-state index contributed by atoms with van der Waals surface area (Å²) in [6.45, 7) is 5.38. The van der Waals surface area contributed by atoms with Crippen LogP contribution in [0.2, 0.25) is 0 Å². The van der Waals surface area contributed by atoms with Gasteiger partial charge in [-0.3, -0.25) is 0 Å². The van der Waals surface area contributed by atoms with Crippen molar-refractivity contribution in [1.82, 2.24) is 14.7 Å². The van der Waals surface area contributed by atoms with Crippen LogP contribution < -0.4 is 4.72 Å². The van der Waals surface area contributed by atoms with E-state index in [1.165, 1.54) is 6.20 Å². The van der Waals surface area contributed by atoms with Gasteiger partial charge in [-0.1, -0.05) is 6.92 Å². The highest BCUT2D eigenvalue weighted by molar-refractivity contribution is 7.89. The summed E-state index contributed by atoms with van der Waals surface area (Å²) >= 11 is 0. The topological polar surface area (TPSA) is 84.1 Å². The van der Waals surface area contributed by atoms with Crippen molar-refractivity contribution in [2.45, 2.75) is 31.7 Å². The Morgan fingerprint density at radius 1 is 1.47 bits per heavy atom. The van der Waals surface area contributed by atoms with E-state index in [0.29, 0.717) is 38.4 Å². The van der Waals surface area contributed by atoms with E-state index in [0.717, 1.165) is 0 Å². The Morgan fingerprint density at radius 3 is 2.82 bits per heavy atom. The number of aryl methyl sites for hydroxylation is 1. The van der Waals surface area contributed by atoms with Crippen LogP contribution in [0, 0.1) is 0 Å². The zero-order valence-corrected chi connectivity index (χ0v) is 11.0. The first-order valence-corrected chi connectivity index (χ1v) is 7.19. The van der Waals surface area contributed by atoms with E-state index >= 15 is 0 Å². The fraction of sp³-hybridized carbons (Fsp3) is 0.700. The molecule has 0 radical (unpaired) electrons. The van der Waals surface area contributed by atoms with Gasteiger partial charge in [-0.05, 0) is 13.3 Å². The van der Waals surface area contributed by atoms with Gasteiger partial charge in [-0.15, -0.1) is 0 Å². The third-order valence-electron chi connectivity index (χ3n) is 2.19. The SMILES string of the molecule is CCOCCCNS(=O)(=O)c1cnc(CC)[nH]1. The van der Waals surface area contributed by atoms with Crippen molar-refractivity contribution in [3.8, 4) is 0 Å². The summed E-state index contributed by atoms with van der Waals surface area (Å²) in [5, 5.41) is 0.116. The van der Waals surface area contributed by atoms with Gasteiger partial charge in [0.05, 0.1) is 6.20 Å². The molecule has 1 heterocycles. The van der Waals surface area contributed by atoms with Gasteiger partial charge in [0.2, 0.25) is 0 Å². The van der Waals surface area contributed by atoms with Gasteiger partial charge in [0.1, 0.15) is 5.82 Å². The predicted octanol–water partition coefficient (Wildman–Crippen LogP) is 0.677. The van der Waals surface area contributed by atoms with Crippen molar-refractivity contribution in [3.05, 3.63) is 12.0 Å². The maximum atomic E-state index is 11.8. The van der Waals surface area contributed by atoms with Crippen LogP contribution in [0.3, 0.4) is 0 Å². The lowest BCUT2D eigenvalue weighted by atomic mass is 10.5. The average molecular weight is 261 g/mol. The van der Waals surface area contributed by atoms with Crippen molar-refractivity contribution < 1.29 is 13.2 Å². The molecule has 0 spiro atoms. The van der Waals surface area contributed by atoms with Gasteiger partial charge in [-0.2, -0.15) is 0 Å². The monoisotopic (exact) mass is 261 g/mol. The smallest absolute Gasteiger partial charge is 0.257 e. The molecule has 0 amide bonds. The highest BCUT2D eigenvalue weighted by Crippen LogP contribution is 2.05. The molecule has 1 aromatic heterocycles. The van der Waals surface area contributed by atoms with Crippen molar-refractivity contribution in [2.24, 2.45) is 0 Å². The number of hydrogen-bond acceptors (Lipinski definition) is 4. The van der Waals surface area contributed by atoms with E-state index < -0.39 is 10.0 Å². The summed E-state index contributed by atoms with van der Waals surface area (Å²) in [4.78, 5) is 6.72. The summed E-state index contributed by atoms with van der Waals surface area (Å²) in [6, 6.07) is 0. The number of hydrogen-bond donors (Lipinski definition) is 2. The number of ether oxygens (including phenoxy) is 1. The van der Waals surface area contributed by atoms with E-state index in [1.54, 1.807) is 0 Å². The minimum absolute atomic E-state index is 0.116. The molecule has 0 aliphatic heterocycles. The molecule has 2 N–H and O–H groups in total.